The van der Waals surface area contributed by atoms with E-state index in [0.717, 1.165) is 15.9 Å². The van der Waals surface area contributed by atoms with Crippen molar-refractivity contribution >= 4 is 23.1 Å². The van der Waals surface area contributed by atoms with E-state index in [4.69, 9.17) is 0 Å². The molecular formula is C18H15OPRe. The summed E-state index contributed by atoms with van der Waals surface area (Å²) >= 11 is 0. The van der Waals surface area contributed by atoms with Crippen LogP contribution in [0.15, 0.2) is 91.0 Å². The molecule has 0 aliphatic carbocycles. The average Bonchev–Trinajstić information content (AvgIpc) is 2.56. The summed E-state index contributed by atoms with van der Waals surface area (Å²) in [7, 11) is -2.78. The Morgan fingerprint density at radius 3 is 0.952 bits per heavy atom. The average molecular weight is 464 g/mol. The Morgan fingerprint density at radius 2 is 0.714 bits per heavy atom. The molecule has 0 aromatic heterocycles. The van der Waals surface area contributed by atoms with E-state index in [1.807, 2.05) is 91.0 Å². The Labute approximate surface area is 139 Å². The van der Waals surface area contributed by atoms with Crippen molar-refractivity contribution in [2.24, 2.45) is 0 Å². The summed E-state index contributed by atoms with van der Waals surface area (Å²) < 4.78 is 13.8. The van der Waals surface area contributed by atoms with Gasteiger partial charge >= 0.3 is 0 Å². The summed E-state index contributed by atoms with van der Waals surface area (Å²) in [6.45, 7) is 0. The molecule has 0 amide bonds. The largest absolute Gasteiger partial charge is 0.309 e. The van der Waals surface area contributed by atoms with Gasteiger partial charge in [-0.05, 0) is 0 Å². The van der Waals surface area contributed by atoms with Crippen LogP contribution in [-0.4, -0.2) is 0 Å². The zero-order valence-corrected chi connectivity index (χ0v) is 15.0. The van der Waals surface area contributed by atoms with E-state index < -0.39 is 7.14 Å². The molecule has 105 valence electrons. The molecule has 0 atom stereocenters. The van der Waals surface area contributed by atoms with Crippen molar-refractivity contribution in [2.75, 3.05) is 0 Å². The first kappa shape index (κ1) is 15.9. The predicted molar refractivity (Wildman–Crippen MR) is 85.8 cm³/mol. The Balaban J connectivity index is 0.00000161. The normalized spacial score (nSPS) is 10.7. The van der Waals surface area contributed by atoms with Crippen molar-refractivity contribution in [2.45, 2.75) is 0 Å². The molecule has 3 aromatic rings. The predicted octanol–water partition coefficient (Wildman–Crippen LogP) is 3.32. The quantitative estimate of drug-likeness (QED) is 0.544. The topological polar surface area (TPSA) is 17.1 Å². The fraction of sp³-hybridized carbons (Fsp3) is 0. The first-order valence-electron chi connectivity index (χ1n) is 6.59. The van der Waals surface area contributed by atoms with Crippen LogP contribution >= 0.6 is 7.14 Å². The van der Waals surface area contributed by atoms with Crippen molar-refractivity contribution in [1.82, 2.24) is 0 Å². The van der Waals surface area contributed by atoms with Crippen molar-refractivity contribution in [1.29, 1.82) is 0 Å². The van der Waals surface area contributed by atoms with Gasteiger partial charge in [0.1, 0.15) is 0 Å². The van der Waals surface area contributed by atoms with E-state index in [9.17, 15) is 4.57 Å². The third-order valence-corrected chi connectivity index (χ3v) is 6.44. The van der Waals surface area contributed by atoms with Crippen LogP contribution in [0.25, 0.3) is 0 Å². The van der Waals surface area contributed by atoms with Gasteiger partial charge in [0.2, 0.25) is 0 Å². The molecule has 0 saturated heterocycles. The van der Waals surface area contributed by atoms with Gasteiger partial charge in [-0.3, -0.25) is 0 Å². The molecule has 3 rings (SSSR count). The van der Waals surface area contributed by atoms with Crippen LogP contribution in [0.5, 0.6) is 0 Å². The summed E-state index contributed by atoms with van der Waals surface area (Å²) in [4.78, 5) is 0. The number of rotatable bonds is 3. The SMILES string of the molecule is O=P(c1ccccc1)(c1ccccc1)c1ccccc1.[Re]. The van der Waals surface area contributed by atoms with Gasteiger partial charge in [0.15, 0.2) is 7.14 Å². The smallest absolute Gasteiger partial charge is 0.171 e. The molecule has 1 radical (unpaired) electrons. The number of hydrogen-bond donors (Lipinski definition) is 0. The van der Waals surface area contributed by atoms with Gasteiger partial charge in [-0.1, -0.05) is 91.0 Å². The van der Waals surface area contributed by atoms with Crippen LogP contribution in [0.4, 0.5) is 0 Å². The Kier molecular flexibility index (Phi) is 5.32. The fourth-order valence-corrected chi connectivity index (χ4v) is 5.03. The van der Waals surface area contributed by atoms with Crippen LogP contribution in [0.1, 0.15) is 0 Å². The van der Waals surface area contributed by atoms with Crippen molar-refractivity contribution in [3.05, 3.63) is 91.0 Å². The van der Waals surface area contributed by atoms with Gasteiger partial charge in [-0.25, -0.2) is 0 Å². The van der Waals surface area contributed by atoms with Gasteiger partial charge in [-0.2, -0.15) is 0 Å². The van der Waals surface area contributed by atoms with Crippen LogP contribution in [0.2, 0.25) is 0 Å². The second-order valence-electron chi connectivity index (χ2n) is 4.62. The van der Waals surface area contributed by atoms with Gasteiger partial charge < -0.3 is 4.57 Å². The van der Waals surface area contributed by atoms with Gasteiger partial charge in [0.05, 0.1) is 0 Å². The van der Waals surface area contributed by atoms with E-state index in [0.29, 0.717) is 0 Å². The third-order valence-electron chi connectivity index (χ3n) is 3.36. The first-order chi connectivity index (χ1) is 9.82. The minimum absolute atomic E-state index is 0. The molecule has 0 aliphatic rings. The summed E-state index contributed by atoms with van der Waals surface area (Å²) in [6.07, 6.45) is 0. The Bertz CT molecular complexity index is 624. The minimum Gasteiger partial charge on any atom is -0.309 e. The maximum atomic E-state index is 13.8. The van der Waals surface area contributed by atoms with Gasteiger partial charge in [-0.15, -0.1) is 0 Å². The molecule has 0 N–H and O–H groups in total. The van der Waals surface area contributed by atoms with Crippen molar-refractivity contribution in [3.63, 3.8) is 0 Å². The van der Waals surface area contributed by atoms with Gasteiger partial charge in [0.25, 0.3) is 0 Å². The first-order valence-corrected chi connectivity index (χ1v) is 8.29. The molecule has 21 heavy (non-hydrogen) atoms. The molecule has 0 aliphatic heterocycles. The van der Waals surface area contributed by atoms with Crippen LogP contribution < -0.4 is 15.9 Å². The minimum atomic E-state index is -2.78. The summed E-state index contributed by atoms with van der Waals surface area (Å²) in [5.41, 5.74) is 0. The maximum absolute atomic E-state index is 13.8. The van der Waals surface area contributed by atoms with Crippen molar-refractivity contribution < 1.29 is 25.0 Å². The van der Waals surface area contributed by atoms with E-state index >= 15 is 0 Å². The second kappa shape index (κ2) is 7.01. The summed E-state index contributed by atoms with van der Waals surface area (Å²) in [5.74, 6) is 0. The molecular weight excluding hydrogens is 449 g/mol. The molecule has 0 unspecified atom stereocenters. The summed E-state index contributed by atoms with van der Waals surface area (Å²) in [6, 6.07) is 29.1. The number of hydrogen-bond acceptors (Lipinski definition) is 1. The standard InChI is InChI=1S/C18H15OP.Re/c19-20(16-10-4-1-5-11-16,17-12-6-2-7-13-17)18-14-8-3-9-15-18;/h1-15H;. The van der Waals surface area contributed by atoms with E-state index in [-0.39, 0.29) is 20.4 Å². The van der Waals surface area contributed by atoms with Crippen LogP contribution in [0, 0.1) is 0 Å². The Morgan fingerprint density at radius 1 is 0.476 bits per heavy atom. The fourth-order valence-electron chi connectivity index (χ4n) is 2.36. The van der Waals surface area contributed by atoms with Crippen LogP contribution in [-0.2, 0) is 25.0 Å². The Hall–Kier alpha value is -1.45. The van der Waals surface area contributed by atoms with E-state index in [2.05, 4.69) is 0 Å². The molecule has 0 fully saturated rings. The van der Waals surface area contributed by atoms with Gasteiger partial charge in [0, 0.05) is 36.3 Å². The summed E-state index contributed by atoms with van der Waals surface area (Å²) in [5, 5.41) is 2.62. The molecule has 0 heterocycles. The number of benzene rings is 3. The van der Waals surface area contributed by atoms with E-state index in [1.54, 1.807) is 0 Å². The zero-order valence-electron chi connectivity index (χ0n) is 11.4. The zero-order chi connectivity index (χ0) is 13.8. The van der Waals surface area contributed by atoms with Crippen LogP contribution in [0.3, 0.4) is 0 Å². The second-order valence-corrected chi connectivity index (χ2v) is 7.38. The maximum Gasteiger partial charge on any atom is 0.171 e. The van der Waals surface area contributed by atoms with Crippen molar-refractivity contribution in [3.8, 4) is 0 Å². The molecule has 1 nitrogen and oxygen atoms in total. The molecule has 0 saturated carbocycles. The molecule has 3 heteroatoms. The third kappa shape index (κ3) is 3.09. The monoisotopic (exact) mass is 465 g/mol. The molecule has 0 spiro atoms. The molecule has 0 bridgehead atoms. The molecule has 3 aromatic carbocycles. The van der Waals surface area contributed by atoms with E-state index in [1.165, 1.54) is 0 Å².